The van der Waals surface area contributed by atoms with Crippen LogP contribution >= 0.6 is 11.3 Å². The lowest BCUT2D eigenvalue weighted by Crippen LogP contribution is -2.00. The summed E-state index contributed by atoms with van der Waals surface area (Å²) in [6, 6.07) is 6.47. The van der Waals surface area contributed by atoms with Crippen molar-refractivity contribution < 1.29 is 18.3 Å². The van der Waals surface area contributed by atoms with Crippen molar-refractivity contribution in [3.63, 3.8) is 0 Å². The van der Waals surface area contributed by atoms with Gasteiger partial charge in [-0.25, -0.2) is 4.98 Å². The summed E-state index contributed by atoms with van der Waals surface area (Å²) in [5.41, 5.74) is 0.763. The first-order chi connectivity index (χ1) is 8.45. The molecule has 2 aromatic rings. The van der Waals surface area contributed by atoms with Gasteiger partial charge in [-0.1, -0.05) is 23.5 Å². The van der Waals surface area contributed by atoms with Crippen LogP contribution in [-0.2, 0) is 12.7 Å². The lowest BCUT2D eigenvalue weighted by Gasteiger charge is -2.03. The van der Waals surface area contributed by atoms with Gasteiger partial charge in [-0.3, -0.25) is 0 Å². The Morgan fingerprint density at radius 2 is 2.11 bits per heavy atom. The van der Waals surface area contributed by atoms with E-state index in [0.717, 1.165) is 11.8 Å². The summed E-state index contributed by atoms with van der Waals surface area (Å²) in [5.74, 6) is 0.115. The summed E-state index contributed by atoms with van der Waals surface area (Å²) in [6.07, 6.45) is -3.56. The number of benzene rings is 1. The number of halogens is 3. The molecule has 18 heavy (non-hydrogen) atoms. The van der Waals surface area contributed by atoms with Gasteiger partial charge in [0.1, 0.15) is 10.6 Å². The quantitative estimate of drug-likeness (QED) is 0.900. The zero-order valence-electron chi connectivity index (χ0n) is 9.03. The monoisotopic (exact) mass is 274 g/mol. The molecule has 2 N–H and O–H groups in total. The van der Waals surface area contributed by atoms with Crippen LogP contribution in [0.5, 0.6) is 5.75 Å². The molecule has 0 radical (unpaired) electrons. The number of rotatable bonds is 3. The predicted molar refractivity (Wildman–Crippen MR) is 62.5 cm³/mol. The number of hydrogen-bond acceptors (Lipinski definition) is 4. The van der Waals surface area contributed by atoms with Crippen molar-refractivity contribution in [1.29, 1.82) is 0 Å². The minimum absolute atomic E-state index is 0.115. The second-order valence-corrected chi connectivity index (χ2v) is 4.58. The minimum atomic E-state index is -4.36. The maximum Gasteiger partial charge on any atom is 0.427 e. The molecule has 1 heterocycles. The normalized spacial score (nSPS) is 11.5. The molecule has 0 bridgehead atoms. The van der Waals surface area contributed by atoms with E-state index in [2.05, 4.69) is 10.3 Å². The van der Waals surface area contributed by atoms with Crippen molar-refractivity contribution in [3.05, 3.63) is 40.9 Å². The Morgan fingerprint density at radius 1 is 1.33 bits per heavy atom. The maximum absolute atomic E-state index is 12.3. The van der Waals surface area contributed by atoms with Gasteiger partial charge in [0.25, 0.3) is 0 Å². The molecule has 0 saturated heterocycles. The number of nitrogens with one attached hydrogen (secondary N) is 1. The molecule has 1 aromatic heterocycles. The second kappa shape index (κ2) is 4.85. The molecule has 0 saturated carbocycles. The van der Waals surface area contributed by atoms with E-state index in [9.17, 15) is 18.3 Å². The second-order valence-electron chi connectivity index (χ2n) is 3.55. The smallest absolute Gasteiger partial charge is 0.427 e. The van der Waals surface area contributed by atoms with E-state index in [1.54, 1.807) is 12.1 Å². The van der Waals surface area contributed by atoms with Gasteiger partial charge in [-0.2, -0.15) is 13.2 Å². The summed E-state index contributed by atoms with van der Waals surface area (Å²) >= 11 is 0.554. The largest absolute Gasteiger partial charge is 0.508 e. The number of aromatic nitrogens is 1. The summed E-state index contributed by atoms with van der Waals surface area (Å²) in [4.78, 5) is 2.91. The molecular weight excluding hydrogens is 265 g/mol. The fourth-order valence-electron chi connectivity index (χ4n) is 1.33. The van der Waals surface area contributed by atoms with Crippen molar-refractivity contribution in [2.45, 2.75) is 12.7 Å². The van der Waals surface area contributed by atoms with Crippen LogP contribution in [0.3, 0.4) is 0 Å². The van der Waals surface area contributed by atoms with E-state index in [1.165, 1.54) is 12.1 Å². The lowest BCUT2D eigenvalue weighted by molar-refractivity contribution is -0.134. The Kier molecular flexibility index (Phi) is 3.42. The first-order valence-electron chi connectivity index (χ1n) is 5.00. The highest BCUT2D eigenvalue weighted by molar-refractivity contribution is 7.15. The third-order valence-electron chi connectivity index (χ3n) is 2.14. The average molecular weight is 274 g/mol. The van der Waals surface area contributed by atoms with Gasteiger partial charge in [0, 0.05) is 6.54 Å². The van der Waals surface area contributed by atoms with Crippen molar-refractivity contribution in [1.82, 2.24) is 4.98 Å². The number of phenolic OH excluding ortho intramolecular Hbond substituents is 1. The topological polar surface area (TPSA) is 45.1 Å². The van der Waals surface area contributed by atoms with E-state index in [4.69, 9.17) is 0 Å². The van der Waals surface area contributed by atoms with Crippen LogP contribution in [0.15, 0.2) is 30.5 Å². The van der Waals surface area contributed by atoms with Crippen LogP contribution in [0.25, 0.3) is 0 Å². The van der Waals surface area contributed by atoms with Gasteiger partial charge in [0.05, 0.1) is 6.20 Å². The van der Waals surface area contributed by atoms with E-state index in [0.29, 0.717) is 17.9 Å². The van der Waals surface area contributed by atoms with Gasteiger partial charge in [0.15, 0.2) is 5.13 Å². The first kappa shape index (κ1) is 12.7. The zero-order valence-corrected chi connectivity index (χ0v) is 9.85. The molecule has 0 fully saturated rings. The minimum Gasteiger partial charge on any atom is -0.508 e. The Labute approximate surface area is 105 Å². The van der Waals surface area contributed by atoms with Crippen molar-refractivity contribution in [2.24, 2.45) is 0 Å². The van der Waals surface area contributed by atoms with E-state index in [1.807, 2.05) is 0 Å². The Bertz CT molecular complexity index is 539. The van der Waals surface area contributed by atoms with Crippen LogP contribution in [0.1, 0.15) is 10.4 Å². The highest BCUT2D eigenvalue weighted by Crippen LogP contribution is 2.35. The molecule has 96 valence electrons. The Hall–Kier alpha value is -1.76. The maximum atomic E-state index is 12.3. The number of anilines is 1. The number of alkyl halides is 3. The van der Waals surface area contributed by atoms with Gasteiger partial charge < -0.3 is 10.4 Å². The molecule has 0 aliphatic heterocycles. The van der Waals surface area contributed by atoms with Crippen LogP contribution in [0, 0.1) is 0 Å². The number of aromatic hydroxyl groups is 1. The van der Waals surface area contributed by atoms with E-state index < -0.39 is 11.1 Å². The van der Waals surface area contributed by atoms with Crippen LogP contribution in [0.2, 0.25) is 0 Å². The number of hydrogen-bond donors (Lipinski definition) is 2. The van der Waals surface area contributed by atoms with Gasteiger partial charge in [0.2, 0.25) is 0 Å². The highest BCUT2D eigenvalue weighted by Gasteiger charge is 2.33. The van der Waals surface area contributed by atoms with Gasteiger partial charge in [-0.15, -0.1) is 0 Å². The van der Waals surface area contributed by atoms with E-state index >= 15 is 0 Å². The third-order valence-corrected chi connectivity index (χ3v) is 3.14. The standard InChI is InChI=1S/C11H9F3N2OS/c12-11(13,14)9-6-16-10(18-9)15-5-7-2-1-3-8(17)4-7/h1-4,6,17H,5H2,(H,15,16). The van der Waals surface area contributed by atoms with Crippen molar-refractivity contribution in [3.8, 4) is 5.75 Å². The molecule has 1 aromatic carbocycles. The fraction of sp³-hybridized carbons (Fsp3) is 0.182. The number of thiazole rings is 1. The number of phenols is 1. The molecule has 7 heteroatoms. The summed E-state index contributed by atoms with van der Waals surface area (Å²) in [6.45, 7) is 0.305. The molecule has 0 aliphatic carbocycles. The SMILES string of the molecule is Oc1cccc(CNc2ncc(C(F)(F)F)s2)c1. The molecule has 3 nitrogen and oxygen atoms in total. The van der Waals surface area contributed by atoms with Crippen LogP contribution < -0.4 is 5.32 Å². The molecule has 0 aliphatic rings. The average Bonchev–Trinajstić information content (AvgIpc) is 2.74. The molecule has 2 rings (SSSR count). The third kappa shape index (κ3) is 3.13. The fourth-order valence-corrected chi connectivity index (χ4v) is 2.01. The molecule has 0 amide bonds. The van der Waals surface area contributed by atoms with Crippen molar-refractivity contribution in [2.75, 3.05) is 5.32 Å². The summed E-state index contributed by atoms with van der Waals surface area (Å²) in [5, 5.41) is 12.2. The van der Waals surface area contributed by atoms with Crippen molar-refractivity contribution >= 4 is 16.5 Å². The number of nitrogens with zero attached hydrogens (tertiary/aromatic N) is 1. The first-order valence-corrected chi connectivity index (χ1v) is 5.81. The zero-order chi connectivity index (χ0) is 13.2. The van der Waals surface area contributed by atoms with Crippen LogP contribution in [-0.4, -0.2) is 10.1 Å². The summed E-state index contributed by atoms with van der Waals surface area (Å²) in [7, 11) is 0. The lowest BCUT2D eigenvalue weighted by atomic mass is 10.2. The van der Waals surface area contributed by atoms with Gasteiger partial charge in [-0.05, 0) is 17.7 Å². The highest BCUT2D eigenvalue weighted by atomic mass is 32.1. The molecular formula is C11H9F3N2OS. The summed E-state index contributed by atoms with van der Waals surface area (Å²) < 4.78 is 37.0. The van der Waals surface area contributed by atoms with Gasteiger partial charge >= 0.3 is 6.18 Å². The van der Waals surface area contributed by atoms with Crippen LogP contribution in [0.4, 0.5) is 18.3 Å². The predicted octanol–water partition coefficient (Wildman–Crippen LogP) is 3.48. The Morgan fingerprint density at radius 3 is 2.72 bits per heavy atom. The van der Waals surface area contributed by atoms with E-state index in [-0.39, 0.29) is 10.9 Å². The molecule has 0 unspecified atom stereocenters. The molecule has 0 spiro atoms. The Balaban J connectivity index is 2.01. The molecule has 0 atom stereocenters.